The zero-order valence-electron chi connectivity index (χ0n) is 6.15. The lowest BCUT2D eigenvalue weighted by atomic mass is 10.3. The molecule has 0 aliphatic heterocycles. The fourth-order valence-electron chi connectivity index (χ4n) is 0.520. The maximum Gasteiger partial charge on any atom is 0.303 e. The second-order valence-corrected chi connectivity index (χ2v) is 1.90. The van der Waals surface area contributed by atoms with Crippen LogP contribution in [0.5, 0.6) is 0 Å². The van der Waals surface area contributed by atoms with E-state index in [9.17, 15) is 14.9 Å². The van der Waals surface area contributed by atoms with E-state index in [4.69, 9.17) is 0 Å². The lowest BCUT2D eigenvalue weighted by Crippen LogP contribution is -2.22. The van der Waals surface area contributed by atoms with E-state index in [1.54, 1.807) is 0 Å². The van der Waals surface area contributed by atoms with Crippen LogP contribution in [0.4, 0.5) is 0 Å². The lowest BCUT2D eigenvalue weighted by Gasteiger charge is -2.06. The highest BCUT2D eigenvalue weighted by Gasteiger charge is 2.13. The number of hydrogen-bond acceptors (Lipinski definition) is 4. The van der Waals surface area contributed by atoms with Gasteiger partial charge in [0.25, 0.3) is 0 Å². The van der Waals surface area contributed by atoms with Gasteiger partial charge in [0, 0.05) is 11.8 Å². The molecule has 1 unspecified atom stereocenters. The Bertz CT molecular complexity index is 161. The van der Waals surface area contributed by atoms with Gasteiger partial charge in [-0.25, -0.2) is 0 Å². The van der Waals surface area contributed by atoms with Crippen LogP contribution in [0.2, 0.25) is 0 Å². The van der Waals surface area contributed by atoms with Crippen LogP contribution in [-0.2, 0) is 9.53 Å². The maximum atomic E-state index is 10.3. The number of hydrogen-bond donors (Lipinski definition) is 0. The van der Waals surface area contributed by atoms with Crippen LogP contribution in [0.3, 0.4) is 0 Å². The van der Waals surface area contributed by atoms with Gasteiger partial charge < -0.3 is 4.74 Å². The Balaban J connectivity index is 3.85. The Labute approximate surface area is 63.8 Å². The Morgan fingerprint density at radius 2 is 2.45 bits per heavy atom. The van der Waals surface area contributed by atoms with Crippen molar-refractivity contribution in [2.75, 3.05) is 6.54 Å². The molecule has 0 amide bonds. The number of carbonyl (C=O) groups excluding carboxylic acids is 1. The Morgan fingerprint density at radius 1 is 1.91 bits per heavy atom. The van der Waals surface area contributed by atoms with Crippen molar-refractivity contribution in [2.45, 2.75) is 13.0 Å². The van der Waals surface area contributed by atoms with Crippen molar-refractivity contribution in [3.05, 3.63) is 22.8 Å². The monoisotopic (exact) mass is 159 g/mol. The third kappa shape index (κ3) is 5.07. The summed E-state index contributed by atoms with van der Waals surface area (Å²) in [4.78, 5) is 19.7. The molecule has 0 aromatic heterocycles. The number of rotatable bonds is 4. The Hall–Kier alpha value is -1.39. The van der Waals surface area contributed by atoms with E-state index >= 15 is 0 Å². The molecule has 5 heteroatoms. The van der Waals surface area contributed by atoms with E-state index in [0.29, 0.717) is 0 Å². The highest BCUT2D eigenvalue weighted by Crippen LogP contribution is 1.93. The summed E-state index contributed by atoms with van der Waals surface area (Å²) < 4.78 is 4.51. The van der Waals surface area contributed by atoms with Crippen LogP contribution in [0.1, 0.15) is 6.92 Å². The average molecular weight is 159 g/mol. The number of carbonyl (C=O) groups is 1. The number of nitro groups is 1. The van der Waals surface area contributed by atoms with E-state index in [1.807, 2.05) is 0 Å². The van der Waals surface area contributed by atoms with Gasteiger partial charge in [0.15, 0.2) is 6.10 Å². The van der Waals surface area contributed by atoms with Gasteiger partial charge in [-0.15, -0.1) is 0 Å². The highest BCUT2D eigenvalue weighted by atomic mass is 16.6. The van der Waals surface area contributed by atoms with Crippen molar-refractivity contribution in [1.29, 1.82) is 0 Å². The van der Waals surface area contributed by atoms with E-state index < -0.39 is 23.5 Å². The fourth-order valence-corrected chi connectivity index (χ4v) is 0.520. The van der Waals surface area contributed by atoms with Crippen LogP contribution in [-0.4, -0.2) is 23.5 Å². The summed E-state index contributed by atoms with van der Waals surface area (Å²) in [5, 5.41) is 9.92. The van der Waals surface area contributed by atoms with E-state index in [1.165, 1.54) is 13.0 Å². The highest BCUT2D eigenvalue weighted by molar-refractivity contribution is 5.66. The molecule has 5 nitrogen and oxygen atoms in total. The summed E-state index contributed by atoms with van der Waals surface area (Å²) in [6.07, 6.45) is 0.409. The molecule has 0 heterocycles. The first-order chi connectivity index (χ1) is 5.06. The fraction of sp³-hybridized carbons (Fsp3) is 0.500. The molecule has 0 fully saturated rings. The molecule has 0 aromatic rings. The van der Waals surface area contributed by atoms with Crippen molar-refractivity contribution < 1.29 is 14.5 Å². The van der Waals surface area contributed by atoms with Crippen LogP contribution in [0.25, 0.3) is 0 Å². The molecular weight excluding hydrogens is 150 g/mol. The third-order valence-electron chi connectivity index (χ3n) is 0.909. The van der Waals surface area contributed by atoms with Gasteiger partial charge >= 0.3 is 5.97 Å². The number of ether oxygens (including phenoxy) is 1. The summed E-state index contributed by atoms with van der Waals surface area (Å²) in [5.74, 6) is -0.545. The van der Waals surface area contributed by atoms with Crippen molar-refractivity contribution in [3.63, 3.8) is 0 Å². The number of nitrogens with zero attached hydrogens (tertiary/aromatic N) is 1. The SMILES string of the molecule is C=CC(C[N+](=O)[O-])OC(C)=O. The summed E-state index contributed by atoms with van der Waals surface area (Å²) in [5.41, 5.74) is 0. The number of esters is 1. The molecule has 0 spiro atoms. The molecule has 0 saturated heterocycles. The molecular formula is C6H9NO4. The molecule has 0 saturated carbocycles. The predicted molar refractivity (Wildman–Crippen MR) is 37.6 cm³/mol. The topological polar surface area (TPSA) is 69.4 Å². The van der Waals surface area contributed by atoms with Gasteiger partial charge in [0.1, 0.15) is 0 Å². The summed E-state index contributed by atoms with van der Waals surface area (Å²) in [7, 11) is 0. The van der Waals surface area contributed by atoms with Gasteiger partial charge in [-0.05, 0) is 6.08 Å². The van der Waals surface area contributed by atoms with Crippen LogP contribution < -0.4 is 0 Å². The first-order valence-electron chi connectivity index (χ1n) is 2.98. The molecule has 0 rings (SSSR count). The zero-order valence-corrected chi connectivity index (χ0v) is 6.15. The average Bonchev–Trinajstić information content (AvgIpc) is 1.84. The standard InChI is InChI=1S/C6H9NO4/c1-3-6(4-7(9)10)11-5(2)8/h3,6H,1,4H2,2H3. The summed E-state index contributed by atoms with van der Waals surface area (Å²) in [6.45, 7) is 4.05. The summed E-state index contributed by atoms with van der Waals surface area (Å²) in [6, 6.07) is 0. The Kier molecular flexibility index (Phi) is 3.87. The molecule has 0 aromatic carbocycles. The molecule has 11 heavy (non-hydrogen) atoms. The van der Waals surface area contributed by atoms with Crippen molar-refractivity contribution in [1.82, 2.24) is 0 Å². The van der Waals surface area contributed by atoms with E-state index in [-0.39, 0.29) is 0 Å². The van der Waals surface area contributed by atoms with E-state index in [0.717, 1.165) is 0 Å². The molecule has 62 valence electrons. The summed E-state index contributed by atoms with van der Waals surface area (Å²) >= 11 is 0. The largest absolute Gasteiger partial charge is 0.451 e. The van der Waals surface area contributed by atoms with Crippen LogP contribution in [0.15, 0.2) is 12.7 Å². The minimum Gasteiger partial charge on any atom is -0.451 e. The van der Waals surface area contributed by atoms with E-state index in [2.05, 4.69) is 11.3 Å². The second-order valence-electron chi connectivity index (χ2n) is 1.90. The van der Waals surface area contributed by atoms with Crippen LogP contribution in [0, 0.1) is 10.1 Å². The minimum atomic E-state index is -0.817. The molecule has 0 bridgehead atoms. The third-order valence-corrected chi connectivity index (χ3v) is 0.909. The molecule has 0 aliphatic rings. The van der Waals surface area contributed by atoms with Gasteiger partial charge in [0.05, 0.1) is 0 Å². The predicted octanol–water partition coefficient (Wildman–Crippen LogP) is 0.381. The van der Waals surface area contributed by atoms with Crippen molar-refractivity contribution in [2.24, 2.45) is 0 Å². The molecule has 0 N–H and O–H groups in total. The van der Waals surface area contributed by atoms with Gasteiger partial charge in [0.2, 0.25) is 6.54 Å². The smallest absolute Gasteiger partial charge is 0.303 e. The van der Waals surface area contributed by atoms with Crippen molar-refractivity contribution >= 4 is 5.97 Å². The van der Waals surface area contributed by atoms with Crippen LogP contribution >= 0.6 is 0 Å². The first-order valence-corrected chi connectivity index (χ1v) is 2.98. The van der Waals surface area contributed by atoms with Crippen molar-refractivity contribution in [3.8, 4) is 0 Å². The minimum absolute atomic E-state index is 0.428. The quantitative estimate of drug-likeness (QED) is 0.257. The zero-order chi connectivity index (χ0) is 8.85. The second kappa shape index (κ2) is 4.43. The maximum absolute atomic E-state index is 10.3. The molecule has 0 radical (unpaired) electrons. The van der Waals surface area contributed by atoms with Gasteiger partial charge in [-0.2, -0.15) is 0 Å². The normalized spacial score (nSPS) is 11.7. The Morgan fingerprint density at radius 3 is 2.73 bits per heavy atom. The van der Waals surface area contributed by atoms with Gasteiger partial charge in [-0.3, -0.25) is 14.9 Å². The first kappa shape index (κ1) is 9.61. The lowest BCUT2D eigenvalue weighted by molar-refractivity contribution is -0.487. The molecule has 0 aliphatic carbocycles. The van der Waals surface area contributed by atoms with Gasteiger partial charge in [-0.1, -0.05) is 6.58 Å². The molecule has 1 atom stereocenters.